The zero-order chi connectivity index (χ0) is 71.8. The quantitative estimate of drug-likeness (QED) is 0.0169. The monoisotopic (exact) mass is 1420 g/mol. The minimum absolute atomic E-state index is 0.0790. The Labute approximate surface area is 596 Å². The Balaban J connectivity index is 5.34. The molecule has 5 unspecified atom stereocenters. The van der Waals surface area contributed by atoms with Gasteiger partial charge in [-0.05, 0) is 116 Å². The fourth-order valence-corrected chi connectivity index (χ4v) is 12.3. The molecular weight excluding hydrogens is 1280 g/mol. The van der Waals surface area contributed by atoms with Crippen LogP contribution in [-0.4, -0.2) is 96.7 Å². The van der Waals surface area contributed by atoms with Crippen LogP contribution in [0, 0.1) is 0 Å². The lowest BCUT2D eigenvalue weighted by Gasteiger charge is -2.21. The highest BCUT2D eigenvalue weighted by atomic mass is 31.2. The van der Waals surface area contributed by atoms with Crippen LogP contribution in [0.15, 0.2) is 72.9 Å². The third-order valence-corrected chi connectivity index (χ3v) is 18.6. The van der Waals surface area contributed by atoms with Crippen LogP contribution in [0.25, 0.3) is 0 Å². The van der Waals surface area contributed by atoms with Crippen molar-refractivity contribution in [3.8, 4) is 0 Å². The van der Waals surface area contributed by atoms with Crippen molar-refractivity contribution in [3.63, 3.8) is 0 Å². The molecule has 17 nitrogen and oxygen atoms in total. The predicted octanol–water partition coefficient (Wildman–Crippen LogP) is 22.4. The van der Waals surface area contributed by atoms with Gasteiger partial charge in [-0.25, -0.2) is 9.13 Å². The Morgan fingerprint density at radius 2 is 0.531 bits per heavy atom. The van der Waals surface area contributed by atoms with E-state index < -0.39 is 97.5 Å². The van der Waals surface area contributed by atoms with E-state index >= 15 is 0 Å². The van der Waals surface area contributed by atoms with Gasteiger partial charge in [-0.2, -0.15) is 0 Å². The zero-order valence-corrected chi connectivity index (χ0v) is 64.0. The molecule has 0 aliphatic carbocycles. The second kappa shape index (κ2) is 71.9. The maximum absolute atomic E-state index is 13.1. The fraction of sp³-hybridized carbons (Fsp3) is 0.797. The third-order valence-electron chi connectivity index (χ3n) is 16.7. The number of allylic oxidation sites excluding steroid dienone is 12. The molecule has 0 rings (SSSR count). The molecule has 5 atom stereocenters. The van der Waals surface area contributed by atoms with Gasteiger partial charge in [-0.3, -0.25) is 37.3 Å². The lowest BCUT2D eigenvalue weighted by molar-refractivity contribution is -0.161. The molecule has 0 saturated heterocycles. The standard InChI is InChI=1S/C79H142O17P2/c1-5-9-13-17-21-25-29-33-35-36-38-41-44-48-52-56-60-64-77(82)90-70-75(96-79(84)66-62-58-54-50-46-42-37-34-30-26-22-18-14-10-6-2)72-94-98(87,88)92-68-73(80)67-91-97(85,86)93-71-74(95-78(83)65-61-57-53-49-45-40-32-28-24-20-16-12-8-4)69-89-76(81)63-59-55-51-47-43-39-31-27-23-19-15-11-7-3/h9,13,21-22,25-27,31,33-35,37,73-75,80H,5-8,10-12,14-20,23-24,28-30,32,36,38-72H2,1-4H3,(H,85,86)(H,87,88)/b13-9-,25-21-,26-22-,31-27-,35-33-,37-34-. The van der Waals surface area contributed by atoms with E-state index in [9.17, 15) is 43.2 Å². The van der Waals surface area contributed by atoms with Gasteiger partial charge in [0, 0.05) is 25.7 Å². The molecule has 19 heteroatoms. The van der Waals surface area contributed by atoms with Crippen molar-refractivity contribution in [2.24, 2.45) is 0 Å². The molecule has 0 radical (unpaired) electrons. The van der Waals surface area contributed by atoms with Gasteiger partial charge in [0.25, 0.3) is 0 Å². The van der Waals surface area contributed by atoms with Crippen molar-refractivity contribution in [1.29, 1.82) is 0 Å². The smallest absolute Gasteiger partial charge is 0.462 e. The number of unbranched alkanes of at least 4 members (excludes halogenated alkanes) is 36. The first kappa shape index (κ1) is 94.5. The van der Waals surface area contributed by atoms with Gasteiger partial charge >= 0.3 is 39.5 Å². The number of carbonyl (C=O) groups is 4. The summed E-state index contributed by atoms with van der Waals surface area (Å²) in [6.07, 6.45) is 71.6. The number of rotatable bonds is 74. The number of phosphoric acid groups is 2. The van der Waals surface area contributed by atoms with E-state index in [4.69, 9.17) is 37.0 Å². The molecule has 0 saturated carbocycles. The van der Waals surface area contributed by atoms with Crippen LogP contribution in [0.5, 0.6) is 0 Å². The largest absolute Gasteiger partial charge is 0.472 e. The van der Waals surface area contributed by atoms with Crippen LogP contribution in [0.4, 0.5) is 0 Å². The summed E-state index contributed by atoms with van der Waals surface area (Å²) in [5.41, 5.74) is 0. The number of hydrogen-bond acceptors (Lipinski definition) is 15. The summed E-state index contributed by atoms with van der Waals surface area (Å²) in [5, 5.41) is 10.6. The van der Waals surface area contributed by atoms with Gasteiger partial charge in [0.1, 0.15) is 19.3 Å². The van der Waals surface area contributed by atoms with E-state index in [1.165, 1.54) is 96.3 Å². The zero-order valence-electron chi connectivity index (χ0n) is 62.2. The molecule has 0 aromatic rings. The van der Waals surface area contributed by atoms with Crippen LogP contribution in [0.3, 0.4) is 0 Å². The Kier molecular flexibility index (Phi) is 69.3. The number of aliphatic hydroxyl groups is 1. The van der Waals surface area contributed by atoms with Crippen molar-refractivity contribution < 1.29 is 80.2 Å². The van der Waals surface area contributed by atoms with Crippen LogP contribution >= 0.6 is 15.6 Å². The Hall–Kier alpha value is -3.50. The molecule has 0 heterocycles. The van der Waals surface area contributed by atoms with Crippen molar-refractivity contribution in [3.05, 3.63) is 72.9 Å². The first-order valence-corrected chi connectivity index (χ1v) is 42.2. The summed E-state index contributed by atoms with van der Waals surface area (Å²) < 4.78 is 68.5. The van der Waals surface area contributed by atoms with E-state index in [-0.39, 0.29) is 25.7 Å². The highest BCUT2D eigenvalue weighted by molar-refractivity contribution is 7.47. The number of ether oxygens (including phenoxy) is 4. The highest BCUT2D eigenvalue weighted by Crippen LogP contribution is 2.45. The summed E-state index contributed by atoms with van der Waals surface area (Å²) in [5.74, 6) is -2.18. The van der Waals surface area contributed by atoms with Gasteiger partial charge in [0.05, 0.1) is 26.4 Å². The fourth-order valence-electron chi connectivity index (χ4n) is 10.7. The van der Waals surface area contributed by atoms with Gasteiger partial charge in [0.2, 0.25) is 0 Å². The first-order chi connectivity index (χ1) is 47.7. The number of hydrogen-bond donors (Lipinski definition) is 3. The second-order valence-corrected chi connectivity index (χ2v) is 29.2. The van der Waals surface area contributed by atoms with Crippen molar-refractivity contribution >= 4 is 39.5 Å². The summed E-state index contributed by atoms with van der Waals surface area (Å²) >= 11 is 0. The average molecular weight is 1430 g/mol. The molecule has 0 fully saturated rings. The molecule has 98 heavy (non-hydrogen) atoms. The van der Waals surface area contributed by atoms with Gasteiger partial charge < -0.3 is 33.8 Å². The Morgan fingerprint density at radius 1 is 0.296 bits per heavy atom. The number of carbonyl (C=O) groups excluding carboxylic acids is 4. The van der Waals surface area contributed by atoms with Crippen LogP contribution in [0.1, 0.15) is 349 Å². The van der Waals surface area contributed by atoms with Gasteiger partial charge in [0.15, 0.2) is 12.2 Å². The number of aliphatic hydroxyl groups excluding tert-OH is 1. The van der Waals surface area contributed by atoms with Gasteiger partial charge in [-0.1, -0.05) is 280 Å². The third kappa shape index (κ3) is 70.9. The van der Waals surface area contributed by atoms with Crippen molar-refractivity contribution in [2.75, 3.05) is 39.6 Å². The predicted molar refractivity (Wildman–Crippen MR) is 400 cm³/mol. The molecule has 0 aliphatic heterocycles. The van der Waals surface area contributed by atoms with E-state index in [0.29, 0.717) is 25.7 Å². The molecular formula is C79H142O17P2. The molecule has 0 aromatic carbocycles. The maximum atomic E-state index is 13.1. The lowest BCUT2D eigenvalue weighted by atomic mass is 10.0. The first-order valence-electron chi connectivity index (χ1n) is 39.2. The molecule has 0 amide bonds. The Morgan fingerprint density at radius 3 is 0.857 bits per heavy atom. The van der Waals surface area contributed by atoms with Crippen LogP contribution < -0.4 is 0 Å². The van der Waals surface area contributed by atoms with E-state index in [0.717, 1.165) is 173 Å². The second-order valence-electron chi connectivity index (χ2n) is 26.3. The molecule has 0 aliphatic rings. The summed E-state index contributed by atoms with van der Waals surface area (Å²) in [6.45, 7) is 4.74. The van der Waals surface area contributed by atoms with Crippen molar-refractivity contribution in [1.82, 2.24) is 0 Å². The topological polar surface area (TPSA) is 237 Å². The highest BCUT2D eigenvalue weighted by Gasteiger charge is 2.30. The molecule has 570 valence electrons. The minimum atomic E-state index is -4.98. The van der Waals surface area contributed by atoms with Crippen molar-refractivity contribution in [2.45, 2.75) is 367 Å². The number of esters is 4. The normalized spacial score (nSPS) is 14.3. The van der Waals surface area contributed by atoms with E-state index in [2.05, 4.69) is 101 Å². The summed E-state index contributed by atoms with van der Waals surface area (Å²) in [7, 11) is -9.94. The SMILES string of the molecule is CC/C=C\C/C=C\C/C=C\CCCCCCCCCC(=O)OCC(COP(=O)(O)OCC(O)COP(=O)(O)OCC(COC(=O)CCCCCCC/C=C\CCCCCC)OC(=O)CCCCCCCCCCCCCCC)OC(=O)CCCCCCC/C=C\C/C=C\CCCCC. The number of phosphoric ester groups is 2. The average Bonchev–Trinajstić information content (AvgIpc) is 1.05. The van der Waals surface area contributed by atoms with E-state index in [1.807, 2.05) is 0 Å². The molecule has 0 spiro atoms. The minimum Gasteiger partial charge on any atom is -0.462 e. The van der Waals surface area contributed by atoms with Crippen LogP contribution in [0.2, 0.25) is 0 Å². The van der Waals surface area contributed by atoms with E-state index in [1.54, 1.807) is 0 Å². The van der Waals surface area contributed by atoms with Crippen LogP contribution in [-0.2, 0) is 65.4 Å². The Bertz CT molecular complexity index is 2140. The van der Waals surface area contributed by atoms with Gasteiger partial charge in [-0.15, -0.1) is 0 Å². The summed E-state index contributed by atoms with van der Waals surface area (Å²) in [4.78, 5) is 72.9. The molecule has 0 aromatic heterocycles. The molecule has 3 N–H and O–H groups in total. The maximum Gasteiger partial charge on any atom is 0.472 e. The lowest BCUT2D eigenvalue weighted by Crippen LogP contribution is -2.30. The molecule has 0 bridgehead atoms. The summed E-state index contributed by atoms with van der Waals surface area (Å²) in [6, 6.07) is 0.